The van der Waals surface area contributed by atoms with Gasteiger partial charge in [0.2, 0.25) is 15.9 Å². The number of methoxy groups -OCH3 is 1. The van der Waals surface area contributed by atoms with Crippen molar-refractivity contribution in [2.75, 3.05) is 39.8 Å². The molecule has 2 amide bonds. The second-order valence-corrected chi connectivity index (χ2v) is 9.79. The number of nitrogens with zero attached hydrogens (tertiary/aromatic N) is 3. The molecule has 0 radical (unpaired) electrons. The van der Waals surface area contributed by atoms with E-state index in [9.17, 15) is 28.1 Å². The van der Waals surface area contributed by atoms with E-state index in [1.807, 2.05) is 13.0 Å². The van der Waals surface area contributed by atoms with Gasteiger partial charge in [-0.3, -0.25) is 19.7 Å². The molecule has 0 aliphatic carbocycles. The molecule has 0 saturated carbocycles. The first-order valence-electron chi connectivity index (χ1n) is 10.5. The lowest BCUT2D eigenvalue weighted by Crippen LogP contribution is -2.52. The van der Waals surface area contributed by atoms with Gasteiger partial charge < -0.3 is 15.0 Å². The largest absolute Gasteiger partial charge is 0.490 e. The monoisotopic (exact) mass is 490 g/mol. The summed E-state index contributed by atoms with van der Waals surface area (Å²) in [6.07, 6.45) is 0. The van der Waals surface area contributed by atoms with Crippen molar-refractivity contribution < 1.29 is 27.7 Å². The van der Waals surface area contributed by atoms with Crippen LogP contribution in [0, 0.1) is 24.0 Å². The van der Waals surface area contributed by atoms with Gasteiger partial charge in [-0.1, -0.05) is 12.1 Å². The molecule has 0 aromatic heterocycles. The third kappa shape index (κ3) is 5.34. The lowest BCUT2D eigenvalue weighted by Gasteiger charge is -2.34. The summed E-state index contributed by atoms with van der Waals surface area (Å²) in [5.74, 6) is -0.998. The fraction of sp³-hybridized carbons (Fsp3) is 0.364. The quantitative estimate of drug-likeness (QED) is 0.458. The van der Waals surface area contributed by atoms with Gasteiger partial charge in [0.1, 0.15) is 0 Å². The SMILES string of the molecule is COc1ccc(C(=O)NCC(=O)N2CCN(S(=O)(=O)c3cc(C)ccc3C)CC2)cc1[N+](=O)[O-]. The summed E-state index contributed by atoms with van der Waals surface area (Å²) in [7, 11) is -2.40. The molecule has 2 aromatic rings. The second-order valence-electron chi connectivity index (χ2n) is 7.88. The number of amides is 2. The van der Waals surface area contributed by atoms with Crippen molar-refractivity contribution in [3.8, 4) is 5.75 Å². The van der Waals surface area contributed by atoms with Gasteiger partial charge in [0.25, 0.3) is 5.91 Å². The molecule has 1 N–H and O–H groups in total. The van der Waals surface area contributed by atoms with E-state index in [0.717, 1.165) is 11.6 Å². The second kappa shape index (κ2) is 10.2. The van der Waals surface area contributed by atoms with Crippen LogP contribution in [-0.2, 0) is 14.8 Å². The zero-order valence-corrected chi connectivity index (χ0v) is 19.9. The van der Waals surface area contributed by atoms with E-state index in [1.54, 1.807) is 19.1 Å². The van der Waals surface area contributed by atoms with Gasteiger partial charge in [0.05, 0.1) is 23.5 Å². The molecule has 0 atom stereocenters. The van der Waals surface area contributed by atoms with Crippen molar-refractivity contribution in [3.05, 3.63) is 63.2 Å². The van der Waals surface area contributed by atoms with Crippen LogP contribution in [-0.4, -0.2) is 74.2 Å². The van der Waals surface area contributed by atoms with E-state index in [2.05, 4.69) is 5.32 Å². The van der Waals surface area contributed by atoms with E-state index >= 15 is 0 Å². The highest BCUT2D eigenvalue weighted by atomic mass is 32.2. The van der Waals surface area contributed by atoms with Crippen LogP contribution in [0.5, 0.6) is 5.75 Å². The Kier molecular flexibility index (Phi) is 7.52. The molecule has 0 unspecified atom stereocenters. The zero-order valence-electron chi connectivity index (χ0n) is 19.1. The molecule has 12 heteroatoms. The van der Waals surface area contributed by atoms with Crippen molar-refractivity contribution in [2.24, 2.45) is 0 Å². The van der Waals surface area contributed by atoms with Crippen LogP contribution >= 0.6 is 0 Å². The molecule has 2 aromatic carbocycles. The molecule has 182 valence electrons. The number of piperazine rings is 1. The van der Waals surface area contributed by atoms with E-state index in [-0.39, 0.29) is 60.5 Å². The minimum absolute atomic E-state index is 0.0183. The first kappa shape index (κ1) is 25.1. The number of carbonyl (C=O) groups is 2. The van der Waals surface area contributed by atoms with Crippen LogP contribution in [0.25, 0.3) is 0 Å². The Morgan fingerprint density at radius 2 is 1.76 bits per heavy atom. The van der Waals surface area contributed by atoms with E-state index in [4.69, 9.17) is 4.74 Å². The number of ether oxygens (including phenoxy) is 1. The number of aryl methyl sites for hydroxylation is 2. The van der Waals surface area contributed by atoms with Crippen LogP contribution in [0.1, 0.15) is 21.5 Å². The predicted molar refractivity (Wildman–Crippen MR) is 123 cm³/mol. The molecule has 34 heavy (non-hydrogen) atoms. The van der Waals surface area contributed by atoms with Crippen molar-refractivity contribution in [1.82, 2.24) is 14.5 Å². The third-order valence-electron chi connectivity index (χ3n) is 5.59. The number of benzene rings is 2. The average Bonchev–Trinajstić information content (AvgIpc) is 2.83. The number of carbonyl (C=O) groups excluding carboxylic acids is 2. The van der Waals surface area contributed by atoms with Gasteiger partial charge in [-0.25, -0.2) is 8.42 Å². The predicted octanol–water partition coefficient (Wildman–Crippen LogP) is 1.48. The maximum absolute atomic E-state index is 13.0. The summed E-state index contributed by atoms with van der Waals surface area (Å²) in [6.45, 7) is 3.90. The first-order chi connectivity index (χ1) is 16.0. The molecule has 0 spiro atoms. The fourth-order valence-electron chi connectivity index (χ4n) is 3.65. The van der Waals surface area contributed by atoms with Gasteiger partial charge in [0.15, 0.2) is 5.75 Å². The normalized spacial score (nSPS) is 14.5. The summed E-state index contributed by atoms with van der Waals surface area (Å²) < 4.78 is 32.3. The Hall–Kier alpha value is -3.51. The smallest absolute Gasteiger partial charge is 0.311 e. The lowest BCUT2D eigenvalue weighted by molar-refractivity contribution is -0.385. The van der Waals surface area contributed by atoms with E-state index in [0.29, 0.717) is 5.56 Å². The topological polar surface area (TPSA) is 139 Å². The maximum atomic E-state index is 13.0. The molecular weight excluding hydrogens is 464 g/mol. The van der Waals surface area contributed by atoms with Gasteiger partial charge in [-0.05, 0) is 43.2 Å². The van der Waals surface area contributed by atoms with Crippen LogP contribution in [0.15, 0.2) is 41.3 Å². The molecule has 1 saturated heterocycles. The molecule has 0 bridgehead atoms. The number of sulfonamides is 1. The average molecular weight is 491 g/mol. The van der Waals surface area contributed by atoms with Gasteiger partial charge >= 0.3 is 5.69 Å². The summed E-state index contributed by atoms with van der Waals surface area (Å²) in [6, 6.07) is 9.01. The van der Waals surface area contributed by atoms with Gasteiger partial charge in [-0.2, -0.15) is 4.31 Å². The summed E-state index contributed by atoms with van der Waals surface area (Å²) in [4.78, 5) is 37.1. The fourth-order valence-corrected chi connectivity index (χ4v) is 5.38. The van der Waals surface area contributed by atoms with Crippen LogP contribution in [0.3, 0.4) is 0 Å². The molecule has 1 fully saturated rings. The highest BCUT2D eigenvalue weighted by molar-refractivity contribution is 7.89. The molecular formula is C22H26N4O7S. The molecule has 11 nitrogen and oxygen atoms in total. The van der Waals surface area contributed by atoms with Crippen LogP contribution in [0.4, 0.5) is 5.69 Å². The Morgan fingerprint density at radius 1 is 1.09 bits per heavy atom. The van der Waals surface area contributed by atoms with E-state index in [1.165, 1.54) is 28.4 Å². The van der Waals surface area contributed by atoms with Gasteiger partial charge in [0, 0.05) is 37.8 Å². The standard InChI is InChI=1S/C22H26N4O7S/c1-15-4-5-16(2)20(12-15)34(31,32)25-10-8-24(9-11-25)21(27)14-23-22(28)17-6-7-19(33-3)18(13-17)26(29)30/h4-7,12-13H,8-11,14H2,1-3H3,(H,23,28). The summed E-state index contributed by atoms with van der Waals surface area (Å²) in [5.41, 5.74) is 1.16. The van der Waals surface area contributed by atoms with E-state index < -0.39 is 20.9 Å². The summed E-state index contributed by atoms with van der Waals surface area (Å²) >= 11 is 0. The van der Waals surface area contributed by atoms with Gasteiger partial charge in [-0.15, -0.1) is 0 Å². The molecule has 3 rings (SSSR count). The van der Waals surface area contributed by atoms with Crippen molar-refractivity contribution in [2.45, 2.75) is 18.7 Å². The Morgan fingerprint density at radius 3 is 2.38 bits per heavy atom. The lowest BCUT2D eigenvalue weighted by atomic mass is 10.1. The number of hydrogen-bond acceptors (Lipinski definition) is 7. The maximum Gasteiger partial charge on any atom is 0.311 e. The molecule has 1 heterocycles. The summed E-state index contributed by atoms with van der Waals surface area (Å²) in [5, 5.41) is 13.6. The highest BCUT2D eigenvalue weighted by Gasteiger charge is 2.31. The number of nitro benzene ring substituents is 1. The molecule has 1 aliphatic rings. The van der Waals surface area contributed by atoms with Crippen molar-refractivity contribution in [3.63, 3.8) is 0 Å². The Bertz CT molecular complexity index is 1220. The minimum Gasteiger partial charge on any atom is -0.490 e. The number of nitrogens with one attached hydrogen (secondary N) is 1. The minimum atomic E-state index is -3.68. The highest BCUT2D eigenvalue weighted by Crippen LogP contribution is 2.27. The number of rotatable bonds is 7. The van der Waals surface area contributed by atoms with Crippen LogP contribution in [0.2, 0.25) is 0 Å². The number of nitro groups is 1. The number of hydrogen-bond donors (Lipinski definition) is 1. The van der Waals surface area contributed by atoms with Crippen molar-refractivity contribution >= 4 is 27.5 Å². The molecule has 1 aliphatic heterocycles. The third-order valence-corrected chi connectivity index (χ3v) is 7.63. The van der Waals surface area contributed by atoms with Crippen LogP contribution < -0.4 is 10.1 Å². The first-order valence-corrected chi connectivity index (χ1v) is 11.9. The zero-order chi connectivity index (χ0) is 25.0. The Labute approximate surface area is 197 Å². The van der Waals surface area contributed by atoms with Crippen molar-refractivity contribution in [1.29, 1.82) is 0 Å². The Balaban J connectivity index is 1.58.